The van der Waals surface area contributed by atoms with Crippen molar-refractivity contribution in [2.45, 2.75) is 20.8 Å². The van der Waals surface area contributed by atoms with E-state index in [0.717, 1.165) is 0 Å². The lowest BCUT2D eigenvalue weighted by Crippen LogP contribution is -2.33. The van der Waals surface area contributed by atoms with Crippen molar-refractivity contribution in [3.63, 3.8) is 0 Å². The quantitative estimate of drug-likeness (QED) is 0.803. The molecule has 0 aliphatic carbocycles. The number of amides is 1. The number of methoxy groups -OCH3 is 1. The molecule has 1 unspecified atom stereocenters. The number of hydrogen-bond donors (Lipinski definition) is 2. The molecule has 0 spiro atoms. The van der Waals surface area contributed by atoms with Crippen LogP contribution in [0.5, 0.6) is 11.5 Å². The van der Waals surface area contributed by atoms with Crippen LogP contribution in [0.1, 0.15) is 20.8 Å². The zero-order valence-corrected chi connectivity index (χ0v) is 12.6. The summed E-state index contributed by atoms with van der Waals surface area (Å²) < 4.78 is 10.7. The number of anilines is 1. The van der Waals surface area contributed by atoms with Crippen LogP contribution in [0, 0.1) is 11.8 Å². The van der Waals surface area contributed by atoms with Crippen LogP contribution in [0.4, 0.5) is 5.69 Å². The first-order chi connectivity index (χ1) is 9.53. The Bertz CT molecular complexity index is 447. The van der Waals surface area contributed by atoms with Gasteiger partial charge in [0.15, 0.2) is 11.5 Å². The second-order valence-corrected chi connectivity index (χ2v) is 4.87. The Labute approximate surface area is 120 Å². The molecular weight excluding hydrogens is 256 g/mol. The van der Waals surface area contributed by atoms with Gasteiger partial charge in [0, 0.05) is 18.3 Å². The average Bonchev–Trinajstić information content (AvgIpc) is 2.39. The molecule has 1 amide bonds. The van der Waals surface area contributed by atoms with Gasteiger partial charge in [-0.2, -0.15) is 0 Å². The molecule has 0 heterocycles. The van der Waals surface area contributed by atoms with Crippen LogP contribution in [0.2, 0.25) is 0 Å². The first kappa shape index (κ1) is 16.3. The summed E-state index contributed by atoms with van der Waals surface area (Å²) in [5.74, 6) is 1.18. The lowest BCUT2D eigenvalue weighted by atomic mass is 9.95. The first-order valence-corrected chi connectivity index (χ1v) is 6.85. The van der Waals surface area contributed by atoms with E-state index in [1.165, 1.54) is 0 Å². The minimum atomic E-state index is -0.201. The molecule has 0 saturated heterocycles. The smallest absolute Gasteiger partial charge is 0.229 e. The zero-order chi connectivity index (χ0) is 15.1. The van der Waals surface area contributed by atoms with E-state index in [2.05, 4.69) is 5.32 Å². The third-order valence-electron chi connectivity index (χ3n) is 3.13. The predicted octanol–water partition coefficient (Wildman–Crippen LogP) is 2.26. The van der Waals surface area contributed by atoms with E-state index >= 15 is 0 Å². The van der Waals surface area contributed by atoms with Gasteiger partial charge in [-0.25, -0.2) is 0 Å². The monoisotopic (exact) mass is 280 g/mol. The summed E-state index contributed by atoms with van der Waals surface area (Å²) in [6.07, 6.45) is 0. The zero-order valence-electron chi connectivity index (χ0n) is 12.6. The van der Waals surface area contributed by atoms with Crippen molar-refractivity contribution >= 4 is 11.6 Å². The standard InChI is InChI=1S/C15H24N2O3/c1-5-20-14-8-11(6-7-13(14)19-4)17-15(18)12(9-16)10(2)3/h6-8,10,12H,5,9,16H2,1-4H3,(H,17,18). The number of benzene rings is 1. The fourth-order valence-corrected chi connectivity index (χ4v) is 1.94. The summed E-state index contributed by atoms with van der Waals surface area (Å²) in [6, 6.07) is 5.31. The molecule has 0 fully saturated rings. The Morgan fingerprint density at radius 3 is 2.55 bits per heavy atom. The minimum Gasteiger partial charge on any atom is -0.493 e. The van der Waals surface area contributed by atoms with Gasteiger partial charge in [0.25, 0.3) is 0 Å². The van der Waals surface area contributed by atoms with Gasteiger partial charge in [-0.05, 0) is 25.0 Å². The Balaban J connectivity index is 2.87. The van der Waals surface area contributed by atoms with Crippen LogP contribution in [0.25, 0.3) is 0 Å². The largest absolute Gasteiger partial charge is 0.493 e. The van der Waals surface area contributed by atoms with Crippen molar-refractivity contribution in [3.05, 3.63) is 18.2 Å². The molecule has 5 heteroatoms. The number of rotatable bonds is 7. The SMILES string of the molecule is CCOc1cc(NC(=O)C(CN)C(C)C)ccc1OC. The molecule has 3 N–H and O–H groups in total. The highest BCUT2D eigenvalue weighted by Gasteiger charge is 2.20. The second-order valence-electron chi connectivity index (χ2n) is 4.87. The number of hydrogen-bond acceptors (Lipinski definition) is 4. The molecule has 112 valence electrons. The van der Waals surface area contributed by atoms with E-state index < -0.39 is 0 Å². The van der Waals surface area contributed by atoms with Crippen molar-refractivity contribution < 1.29 is 14.3 Å². The Morgan fingerprint density at radius 2 is 2.05 bits per heavy atom. The summed E-state index contributed by atoms with van der Waals surface area (Å²) in [4.78, 5) is 12.1. The number of nitrogens with two attached hydrogens (primary N) is 1. The molecule has 1 rings (SSSR count). The molecule has 1 atom stereocenters. The van der Waals surface area contributed by atoms with Gasteiger partial charge in [-0.15, -0.1) is 0 Å². The Kier molecular flexibility index (Phi) is 6.31. The maximum absolute atomic E-state index is 12.1. The van der Waals surface area contributed by atoms with Gasteiger partial charge in [0.2, 0.25) is 5.91 Å². The maximum Gasteiger partial charge on any atom is 0.229 e. The summed E-state index contributed by atoms with van der Waals surface area (Å²) in [5, 5.41) is 2.87. The molecule has 1 aromatic carbocycles. The summed E-state index contributed by atoms with van der Waals surface area (Å²) in [5.41, 5.74) is 6.33. The van der Waals surface area contributed by atoms with E-state index in [-0.39, 0.29) is 17.7 Å². The minimum absolute atomic E-state index is 0.0740. The lowest BCUT2D eigenvalue weighted by Gasteiger charge is -2.19. The van der Waals surface area contributed by atoms with Crippen LogP contribution in [-0.4, -0.2) is 26.2 Å². The van der Waals surface area contributed by atoms with E-state index in [1.54, 1.807) is 25.3 Å². The van der Waals surface area contributed by atoms with Gasteiger partial charge in [-0.3, -0.25) is 4.79 Å². The summed E-state index contributed by atoms with van der Waals surface area (Å²) in [7, 11) is 1.58. The van der Waals surface area contributed by atoms with Crippen molar-refractivity contribution in [1.29, 1.82) is 0 Å². The van der Waals surface area contributed by atoms with Crippen molar-refractivity contribution in [2.75, 3.05) is 25.6 Å². The molecule has 1 aromatic rings. The van der Waals surface area contributed by atoms with Crippen molar-refractivity contribution in [3.8, 4) is 11.5 Å². The lowest BCUT2D eigenvalue weighted by molar-refractivity contribution is -0.120. The van der Waals surface area contributed by atoms with E-state index in [9.17, 15) is 4.79 Å². The summed E-state index contributed by atoms with van der Waals surface area (Å²) in [6.45, 7) is 6.73. The fraction of sp³-hybridized carbons (Fsp3) is 0.533. The topological polar surface area (TPSA) is 73.6 Å². The van der Waals surface area contributed by atoms with Crippen molar-refractivity contribution in [2.24, 2.45) is 17.6 Å². The first-order valence-electron chi connectivity index (χ1n) is 6.85. The molecule has 0 aliphatic heterocycles. The molecule has 20 heavy (non-hydrogen) atoms. The third kappa shape index (κ3) is 4.13. The number of carbonyl (C=O) groups is 1. The highest BCUT2D eigenvalue weighted by atomic mass is 16.5. The second kappa shape index (κ2) is 7.75. The van der Waals surface area contributed by atoms with Crippen LogP contribution in [0.3, 0.4) is 0 Å². The van der Waals surface area contributed by atoms with Crippen LogP contribution < -0.4 is 20.5 Å². The predicted molar refractivity (Wildman–Crippen MR) is 80.2 cm³/mol. The van der Waals surface area contributed by atoms with E-state index in [4.69, 9.17) is 15.2 Å². The fourth-order valence-electron chi connectivity index (χ4n) is 1.94. The highest BCUT2D eigenvalue weighted by Crippen LogP contribution is 2.30. The summed E-state index contributed by atoms with van der Waals surface area (Å²) >= 11 is 0. The number of ether oxygens (including phenoxy) is 2. The van der Waals surface area contributed by atoms with Gasteiger partial charge in [0.1, 0.15) is 0 Å². The van der Waals surface area contributed by atoms with Crippen molar-refractivity contribution in [1.82, 2.24) is 0 Å². The molecule has 0 saturated carbocycles. The normalized spacial score (nSPS) is 12.1. The van der Waals surface area contributed by atoms with Crippen LogP contribution in [0.15, 0.2) is 18.2 Å². The molecular formula is C15H24N2O3. The highest BCUT2D eigenvalue weighted by molar-refractivity contribution is 5.93. The van der Waals surface area contributed by atoms with E-state index in [0.29, 0.717) is 30.3 Å². The van der Waals surface area contributed by atoms with Gasteiger partial charge >= 0.3 is 0 Å². The maximum atomic E-state index is 12.1. The molecule has 0 aliphatic rings. The van der Waals surface area contributed by atoms with Gasteiger partial charge in [-0.1, -0.05) is 13.8 Å². The van der Waals surface area contributed by atoms with Gasteiger partial charge < -0.3 is 20.5 Å². The number of nitrogens with one attached hydrogen (secondary N) is 1. The number of carbonyl (C=O) groups excluding carboxylic acids is 1. The van der Waals surface area contributed by atoms with Crippen LogP contribution >= 0.6 is 0 Å². The molecule has 5 nitrogen and oxygen atoms in total. The molecule has 0 radical (unpaired) electrons. The molecule has 0 aromatic heterocycles. The average molecular weight is 280 g/mol. The third-order valence-corrected chi connectivity index (χ3v) is 3.13. The Hall–Kier alpha value is -1.75. The Morgan fingerprint density at radius 1 is 1.35 bits per heavy atom. The molecule has 0 bridgehead atoms. The van der Waals surface area contributed by atoms with E-state index in [1.807, 2.05) is 20.8 Å². The van der Waals surface area contributed by atoms with Crippen LogP contribution in [-0.2, 0) is 4.79 Å². The van der Waals surface area contributed by atoms with Gasteiger partial charge in [0.05, 0.1) is 19.6 Å².